The number of hydrogen-bond acceptors (Lipinski definition) is 8. The number of primary amides is 1. The van der Waals surface area contributed by atoms with Crippen molar-refractivity contribution in [2.75, 3.05) is 14.1 Å². The van der Waals surface area contributed by atoms with E-state index in [4.69, 9.17) is 11.1 Å². The third-order valence-electron chi connectivity index (χ3n) is 7.53. The van der Waals surface area contributed by atoms with Crippen molar-refractivity contribution in [2.24, 2.45) is 23.0 Å². The Morgan fingerprint density at radius 3 is 2.52 bits per heavy atom. The number of benzene rings is 1. The molecule has 5 rings (SSSR count). The molecule has 9 nitrogen and oxygen atoms in total. The Morgan fingerprint density at radius 2 is 1.90 bits per heavy atom. The lowest BCUT2D eigenvalue weighted by molar-refractivity contribution is -0.114. The lowest BCUT2D eigenvalue weighted by Gasteiger charge is -2.48. The highest BCUT2D eigenvalue weighted by molar-refractivity contribution is 6.23. The summed E-state index contributed by atoms with van der Waals surface area (Å²) in [4.78, 5) is 27.1. The van der Waals surface area contributed by atoms with Crippen LogP contribution in [-0.4, -0.2) is 62.9 Å². The standard InChI is InChI=1S/C22H23N3O6/c1-25(2)16-8-6-21-7-22(21,31)9-4-3-5-10(26)12(9)18(28)14(21)17(27)11(8)15(23)13(19(16)29)20(24)30/h3-5,8,11,16,23,26-27,29,31H,6-7H2,1-2H3,(H2,24,30)/t8-,11?,16+,21-,22-/m1/s1. The Balaban J connectivity index is 1.77. The summed E-state index contributed by atoms with van der Waals surface area (Å²) < 4.78 is 0. The first-order valence-corrected chi connectivity index (χ1v) is 9.99. The van der Waals surface area contributed by atoms with Crippen LogP contribution >= 0.6 is 0 Å². The molecule has 0 aromatic heterocycles. The number of phenols is 1. The number of rotatable bonds is 2. The maximum atomic E-state index is 13.4. The number of fused-ring (bicyclic) bond motifs is 3. The molecule has 1 spiro atoms. The zero-order chi connectivity index (χ0) is 22.6. The van der Waals surface area contributed by atoms with Gasteiger partial charge in [0.2, 0.25) is 0 Å². The van der Waals surface area contributed by atoms with Gasteiger partial charge in [-0.3, -0.25) is 14.5 Å². The number of aromatic hydroxyl groups is 1. The fraction of sp³-hybridized carbons (Fsp3) is 0.409. The van der Waals surface area contributed by atoms with E-state index >= 15 is 0 Å². The fourth-order valence-electron chi connectivity index (χ4n) is 6.26. The molecule has 7 N–H and O–H groups in total. The number of carbonyl (C=O) groups is 2. The Bertz CT molecular complexity index is 1170. The van der Waals surface area contributed by atoms with Gasteiger partial charge in [0.25, 0.3) is 5.91 Å². The van der Waals surface area contributed by atoms with Crippen LogP contribution < -0.4 is 5.73 Å². The van der Waals surface area contributed by atoms with Crippen molar-refractivity contribution in [2.45, 2.75) is 24.5 Å². The average molecular weight is 425 g/mol. The molecule has 0 aliphatic heterocycles. The molecule has 9 heteroatoms. The zero-order valence-electron chi connectivity index (χ0n) is 17.0. The van der Waals surface area contributed by atoms with Crippen LogP contribution in [0.5, 0.6) is 5.75 Å². The van der Waals surface area contributed by atoms with E-state index in [1.165, 1.54) is 6.07 Å². The van der Waals surface area contributed by atoms with E-state index in [1.54, 1.807) is 31.1 Å². The first kappa shape index (κ1) is 19.8. The van der Waals surface area contributed by atoms with Crippen LogP contribution in [-0.2, 0) is 10.4 Å². The molecule has 1 saturated carbocycles. The van der Waals surface area contributed by atoms with E-state index in [-0.39, 0.29) is 46.8 Å². The van der Waals surface area contributed by atoms with Gasteiger partial charge in [-0.25, -0.2) is 0 Å². The number of aliphatic hydroxyl groups is 3. The first-order valence-electron chi connectivity index (χ1n) is 9.99. The minimum Gasteiger partial charge on any atom is -0.511 e. The first-order chi connectivity index (χ1) is 14.5. The lowest BCUT2D eigenvalue weighted by atomic mass is 9.59. The SMILES string of the molecule is CN(C)[C@@H]1C(O)=C(C(N)=O)C(=N)C2C(O)=C3C(=O)c4c(O)cccc4[C@]4(O)C[C@]34C[C@H]21. The topological polar surface area (TPSA) is 168 Å². The van der Waals surface area contributed by atoms with Crippen molar-refractivity contribution in [1.82, 2.24) is 4.90 Å². The Kier molecular flexibility index (Phi) is 3.66. The van der Waals surface area contributed by atoms with Gasteiger partial charge in [0.05, 0.1) is 28.8 Å². The highest BCUT2D eigenvalue weighted by Gasteiger charge is 2.77. The van der Waals surface area contributed by atoms with Gasteiger partial charge in [-0.05, 0) is 44.5 Å². The average Bonchev–Trinajstić information content (AvgIpc) is 3.25. The summed E-state index contributed by atoms with van der Waals surface area (Å²) in [6, 6.07) is 3.75. The number of amides is 1. The zero-order valence-corrected chi connectivity index (χ0v) is 17.0. The maximum absolute atomic E-state index is 13.4. The highest BCUT2D eigenvalue weighted by Crippen LogP contribution is 2.76. The number of nitrogens with two attached hydrogens (primary N) is 1. The number of nitrogens with one attached hydrogen (secondary N) is 1. The van der Waals surface area contributed by atoms with Gasteiger partial charge in [-0.15, -0.1) is 0 Å². The molecule has 0 saturated heterocycles. The monoisotopic (exact) mass is 425 g/mol. The van der Waals surface area contributed by atoms with Crippen LogP contribution in [0.4, 0.5) is 0 Å². The third kappa shape index (κ3) is 2.10. The van der Waals surface area contributed by atoms with Crippen molar-refractivity contribution in [3.63, 3.8) is 0 Å². The smallest absolute Gasteiger partial charge is 0.254 e. The highest BCUT2D eigenvalue weighted by atomic mass is 16.3. The summed E-state index contributed by atoms with van der Waals surface area (Å²) in [5, 5.41) is 52.5. The maximum Gasteiger partial charge on any atom is 0.254 e. The van der Waals surface area contributed by atoms with Gasteiger partial charge in [-0.2, -0.15) is 0 Å². The van der Waals surface area contributed by atoms with Crippen LogP contribution in [0.1, 0.15) is 28.8 Å². The molecule has 4 aliphatic rings. The summed E-state index contributed by atoms with van der Waals surface area (Å²) in [5.74, 6) is -4.26. The van der Waals surface area contributed by atoms with Gasteiger partial charge in [0, 0.05) is 11.0 Å². The third-order valence-corrected chi connectivity index (χ3v) is 7.53. The van der Waals surface area contributed by atoms with E-state index < -0.39 is 46.3 Å². The number of hydrogen-bond donors (Lipinski definition) is 6. The van der Waals surface area contributed by atoms with Gasteiger partial charge >= 0.3 is 0 Å². The van der Waals surface area contributed by atoms with Crippen LogP contribution in [0.3, 0.4) is 0 Å². The van der Waals surface area contributed by atoms with Crippen molar-refractivity contribution < 1.29 is 30.0 Å². The van der Waals surface area contributed by atoms with Crippen LogP contribution in [0, 0.1) is 22.7 Å². The van der Waals surface area contributed by atoms with E-state index in [1.807, 2.05) is 0 Å². The summed E-state index contributed by atoms with van der Waals surface area (Å²) in [6.07, 6.45) is 0.376. The van der Waals surface area contributed by atoms with E-state index in [2.05, 4.69) is 0 Å². The van der Waals surface area contributed by atoms with Crippen LogP contribution in [0.2, 0.25) is 0 Å². The molecular weight excluding hydrogens is 402 g/mol. The van der Waals surface area contributed by atoms with Gasteiger partial charge in [-0.1, -0.05) is 12.1 Å². The van der Waals surface area contributed by atoms with Crippen molar-refractivity contribution in [1.29, 1.82) is 5.41 Å². The lowest BCUT2D eigenvalue weighted by Crippen LogP contribution is -2.54. The minimum absolute atomic E-state index is 0.0299. The molecule has 4 aliphatic carbocycles. The number of Topliss-reactive ketones (excluding diaryl/α,β-unsaturated/α-hetero) is 1. The Morgan fingerprint density at radius 1 is 1.23 bits per heavy atom. The van der Waals surface area contributed by atoms with Gasteiger partial charge in [0.1, 0.15) is 22.9 Å². The molecule has 5 atom stereocenters. The molecule has 1 aromatic rings. The minimum atomic E-state index is -1.45. The number of phenolic OH excluding ortho intramolecular Hbond substituents is 1. The number of allylic oxidation sites excluding steroid dienone is 1. The molecular formula is C22H23N3O6. The second-order valence-corrected chi connectivity index (χ2v) is 9.20. The van der Waals surface area contributed by atoms with Crippen molar-refractivity contribution >= 4 is 17.4 Å². The fourth-order valence-corrected chi connectivity index (χ4v) is 6.26. The summed E-state index contributed by atoms with van der Waals surface area (Å²) >= 11 is 0. The van der Waals surface area contributed by atoms with E-state index in [0.717, 1.165) is 0 Å². The molecule has 0 radical (unpaired) electrons. The summed E-state index contributed by atoms with van der Waals surface area (Å²) in [5.41, 5.74) is 2.38. The summed E-state index contributed by atoms with van der Waals surface area (Å²) in [6.45, 7) is 0. The predicted octanol–water partition coefficient (Wildman–Crippen LogP) is 0.875. The molecule has 0 bridgehead atoms. The van der Waals surface area contributed by atoms with E-state index in [9.17, 15) is 30.0 Å². The van der Waals surface area contributed by atoms with Crippen molar-refractivity contribution in [3.8, 4) is 5.75 Å². The van der Waals surface area contributed by atoms with Crippen LogP contribution in [0.15, 0.2) is 40.9 Å². The second-order valence-electron chi connectivity index (χ2n) is 9.20. The van der Waals surface area contributed by atoms with Crippen LogP contribution in [0.25, 0.3) is 0 Å². The van der Waals surface area contributed by atoms with E-state index in [0.29, 0.717) is 5.56 Å². The van der Waals surface area contributed by atoms with Crippen molar-refractivity contribution in [3.05, 3.63) is 52.0 Å². The normalized spacial score (nSPS) is 36.1. The molecule has 0 heterocycles. The quantitative estimate of drug-likeness (QED) is 0.409. The predicted molar refractivity (Wildman–Crippen MR) is 109 cm³/mol. The molecule has 162 valence electrons. The largest absolute Gasteiger partial charge is 0.511 e. The number of nitrogens with zero attached hydrogens (tertiary/aromatic N) is 1. The molecule has 1 unspecified atom stereocenters. The Hall–Kier alpha value is -3.17. The number of ketones is 1. The second kappa shape index (κ2) is 5.74. The molecule has 1 aromatic carbocycles. The van der Waals surface area contributed by atoms with Gasteiger partial charge in [0.15, 0.2) is 5.78 Å². The molecule has 1 fully saturated rings. The molecule has 1 amide bonds. The number of aliphatic hydroxyl groups excluding tert-OH is 2. The Labute approximate surface area is 177 Å². The summed E-state index contributed by atoms with van der Waals surface area (Å²) in [7, 11) is 3.38. The number of carbonyl (C=O) groups excluding carboxylic acids is 2. The molecule has 31 heavy (non-hydrogen) atoms. The number of likely N-dealkylation sites (N-methyl/N-ethyl adjacent to an activating group) is 1. The van der Waals surface area contributed by atoms with Gasteiger partial charge < -0.3 is 31.6 Å².